The fourth-order valence-corrected chi connectivity index (χ4v) is 1.74. The summed E-state index contributed by atoms with van der Waals surface area (Å²) < 4.78 is 4.41. The molecule has 0 aromatic carbocycles. The number of nitrogens with zero attached hydrogens (tertiary/aromatic N) is 1. The van der Waals surface area contributed by atoms with Gasteiger partial charge in [-0.25, -0.2) is 4.79 Å². The number of ether oxygens (including phenoxy) is 1. The summed E-state index contributed by atoms with van der Waals surface area (Å²) in [4.78, 5) is 21.2. The van der Waals surface area contributed by atoms with Crippen LogP contribution in [0.3, 0.4) is 0 Å². The van der Waals surface area contributed by atoms with E-state index in [0.29, 0.717) is 0 Å². The number of carbonyl (C=O) groups excluding carboxylic acids is 1. The maximum Gasteiger partial charge on any atom is 0.339 e. The fourth-order valence-electron chi connectivity index (χ4n) is 1.15. The van der Waals surface area contributed by atoms with E-state index >= 15 is 0 Å². The van der Waals surface area contributed by atoms with Crippen molar-refractivity contribution in [2.45, 2.75) is 11.0 Å². The van der Waals surface area contributed by atoms with Gasteiger partial charge < -0.3 is 4.74 Å². The van der Waals surface area contributed by atoms with Crippen LogP contribution >= 0.6 is 23.2 Å². The standard InChI is InChI=1S/C8H8Cl2N2O4/c1-16-7(13)4-3-8(11,12(14)15)6(10)2-5(4)9/h2-3,6H,11H2,1H3. The number of rotatable bonds is 2. The lowest BCUT2D eigenvalue weighted by atomic mass is 9.97. The molecule has 2 atom stereocenters. The predicted molar refractivity (Wildman–Crippen MR) is 57.6 cm³/mol. The largest absolute Gasteiger partial charge is 0.465 e. The van der Waals surface area contributed by atoms with Crippen LogP contribution in [0.25, 0.3) is 0 Å². The molecule has 1 aliphatic rings. The van der Waals surface area contributed by atoms with Gasteiger partial charge in [-0.3, -0.25) is 15.8 Å². The Morgan fingerprint density at radius 2 is 2.31 bits per heavy atom. The lowest BCUT2D eigenvalue weighted by Crippen LogP contribution is -2.54. The van der Waals surface area contributed by atoms with Gasteiger partial charge in [-0.15, -0.1) is 11.6 Å². The van der Waals surface area contributed by atoms with Crippen molar-refractivity contribution in [1.29, 1.82) is 0 Å². The smallest absolute Gasteiger partial charge is 0.339 e. The Morgan fingerprint density at radius 3 is 2.75 bits per heavy atom. The third-order valence-corrected chi connectivity index (χ3v) is 2.89. The first-order valence-corrected chi connectivity index (χ1v) is 4.90. The Hall–Kier alpha value is -1.11. The summed E-state index contributed by atoms with van der Waals surface area (Å²) in [5.74, 6) is -0.804. The van der Waals surface area contributed by atoms with Crippen molar-refractivity contribution in [3.8, 4) is 0 Å². The first-order chi connectivity index (χ1) is 7.32. The molecule has 0 saturated heterocycles. The summed E-state index contributed by atoms with van der Waals surface area (Å²) in [6, 6.07) is 0. The van der Waals surface area contributed by atoms with Gasteiger partial charge in [0.2, 0.25) is 0 Å². The van der Waals surface area contributed by atoms with Gasteiger partial charge in [-0.05, 0) is 6.08 Å². The van der Waals surface area contributed by atoms with Crippen LogP contribution in [0.2, 0.25) is 0 Å². The molecule has 0 amide bonds. The van der Waals surface area contributed by atoms with Gasteiger partial charge in [-0.2, -0.15) is 0 Å². The van der Waals surface area contributed by atoms with Gasteiger partial charge in [0.25, 0.3) is 0 Å². The minimum atomic E-state index is -2.07. The molecule has 8 heteroatoms. The van der Waals surface area contributed by atoms with Crippen molar-refractivity contribution < 1.29 is 14.5 Å². The number of methoxy groups -OCH3 is 1. The van der Waals surface area contributed by atoms with Crippen molar-refractivity contribution in [1.82, 2.24) is 0 Å². The van der Waals surface area contributed by atoms with Crippen molar-refractivity contribution in [3.63, 3.8) is 0 Å². The lowest BCUT2D eigenvalue weighted by Gasteiger charge is -2.24. The third-order valence-electron chi connectivity index (χ3n) is 2.09. The average molecular weight is 267 g/mol. The van der Waals surface area contributed by atoms with E-state index in [9.17, 15) is 14.9 Å². The predicted octanol–water partition coefficient (Wildman–Crippen LogP) is 0.761. The number of alkyl halides is 1. The Kier molecular flexibility index (Phi) is 3.57. The van der Waals surface area contributed by atoms with Gasteiger partial charge in [0.1, 0.15) is 5.38 Å². The number of hydrogen-bond acceptors (Lipinski definition) is 5. The minimum Gasteiger partial charge on any atom is -0.465 e. The average Bonchev–Trinajstić information content (AvgIpc) is 2.22. The third kappa shape index (κ3) is 2.04. The van der Waals surface area contributed by atoms with Crippen molar-refractivity contribution in [2.75, 3.05) is 7.11 Å². The molecule has 2 N–H and O–H groups in total. The van der Waals surface area contributed by atoms with Crippen LogP contribution in [0.15, 0.2) is 22.8 Å². The van der Waals surface area contributed by atoms with Gasteiger partial charge in [0, 0.05) is 11.0 Å². The second kappa shape index (κ2) is 4.40. The molecule has 0 saturated carbocycles. The molecule has 0 spiro atoms. The van der Waals surface area contributed by atoms with E-state index in [4.69, 9.17) is 28.9 Å². The lowest BCUT2D eigenvalue weighted by molar-refractivity contribution is -0.552. The Balaban J connectivity index is 3.23. The van der Waals surface area contributed by atoms with E-state index in [1.807, 2.05) is 0 Å². The normalized spacial score (nSPS) is 29.1. The zero-order valence-electron chi connectivity index (χ0n) is 8.15. The number of halogens is 2. The highest BCUT2D eigenvalue weighted by molar-refractivity contribution is 6.36. The van der Waals surface area contributed by atoms with E-state index in [2.05, 4.69) is 4.74 Å². The highest BCUT2D eigenvalue weighted by Gasteiger charge is 2.47. The molecule has 16 heavy (non-hydrogen) atoms. The van der Waals surface area contributed by atoms with Crippen LogP contribution in [0.4, 0.5) is 0 Å². The Bertz CT molecular complexity index is 407. The Morgan fingerprint density at radius 1 is 1.75 bits per heavy atom. The maximum absolute atomic E-state index is 11.3. The quantitative estimate of drug-likeness (QED) is 0.262. The summed E-state index contributed by atoms with van der Waals surface area (Å²) in [6.07, 6.45) is 2.04. The van der Waals surface area contributed by atoms with E-state index in [1.54, 1.807) is 0 Å². The molecule has 1 aliphatic carbocycles. The van der Waals surface area contributed by atoms with Crippen molar-refractivity contribution in [3.05, 3.63) is 32.9 Å². The summed E-state index contributed by atoms with van der Waals surface area (Å²) in [5, 5.41) is 9.62. The summed E-state index contributed by atoms with van der Waals surface area (Å²) in [7, 11) is 1.13. The summed E-state index contributed by atoms with van der Waals surface area (Å²) in [5.41, 5.74) is 3.24. The first-order valence-electron chi connectivity index (χ1n) is 4.09. The van der Waals surface area contributed by atoms with Crippen LogP contribution in [0, 0.1) is 10.1 Å². The SMILES string of the molecule is COC(=O)C1=CC(N)([N+](=O)[O-])C(Cl)C=C1Cl. The maximum atomic E-state index is 11.3. The van der Waals surface area contributed by atoms with E-state index in [1.165, 1.54) is 0 Å². The molecule has 0 aliphatic heterocycles. The first kappa shape index (κ1) is 13.0. The zero-order valence-corrected chi connectivity index (χ0v) is 9.66. The van der Waals surface area contributed by atoms with Crippen LogP contribution in [0.5, 0.6) is 0 Å². The zero-order chi connectivity index (χ0) is 12.5. The molecule has 0 bridgehead atoms. The highest BCUT2D eigenvalue weighted by Crippen LogP contribution is 2.31. The van der Waals surface area contributed by atoms with E-state index in [-0.39, 0.29) is 10.6 Å². The van der Waals surface area contributed by atoms with Gasteiger partial charge in [0.15, 0.2) is 0 Å². The highest BCUT2D eigenvalue weighted by atomic mass is 35.5. The number of hydrogen-bond donors (Lipinski definition) is 1. The molecule has 0 radical (unpaired) electrons. The number of nitrogens with two attached hydrogens (primary N) is 1. The topological polar surface area (TPSA) is 95.5 Å². The monoisotopic (exact) mass is 266 g/mol. The molecule has 0 heterocycles. The second-order valence-corrected chi connectivity index (χ2v) is 3.99. The number of esters is 1. The Labute approximate surface area is 101 Å². The minimum absolute atomic E-state index is 0.0187. The molecule has 1 rings (SSSR count). The number of carbonyl (C=O) groups is 1. The van der Waals surface area contributed by atoms with Crippen LogP contribution in [-0.2, 0) is 9.53 Å². The summed E-state index contributed by atoms with van der Waals surface area (Å²) >= 11 is 11.4. The van der Waals surface area contributed by atoms with Crippen molar-refractivity contribution >= 4 is 29.2 Å². The van der Waals surface area contributed by atoms with Crippen LogP contribution in [-0.4, -0.2) is 29.0 Å². The molecule has 88 valence electrons. The molecule has 0 aromatic heterocycles. The van der Waals surface area contributed by atoms with Gasteiger partial charge >= 0.3 is 11.6 Å². The molecule has 0 aromatic rings. The fraction of sp³-hybridized carbons (Fsp3) is 0.375. The summed E-state index contributed by atoms with van der Waals surface area (Å²) in [6.45, 7) is 0. The molecule has 2 unspecified atom stereocenters. The van der Waals surface area contributed by atoms with Crippen LogP contribution < -0.4 is 5.73 Å². The van der Waals surface area contributed by atoms with Gasteiger partial charge in [0.05, 0.1) is 17.7 Å². The second-order valence-electron chi connectivity index (χ2n) is 3.11. The van der Waals surface area contributed by atoms with Crippen molar-refractivity contribution in [2.24, 2.45) is 5.73 Å². The van der Waals surface area contributed by atoms with E-state index < -0.39 is 21.9 Å². The van der Waals surface area contributed by atoms with E-state index in [0.717, 1.165) is 19.3 Å². The van der Waals surface area contributed by atoms with Crippen LogP contribution in [0.1, 0.15) is 0 Å². The molecule has 0 fully saturated rings. The number of nitro groups is 1. The van der Waals surface area contributed by atoms with Gasteiger partial charge in [-0.1, -0.05) is 11.6 Å². The molecular formula is C8H8Cl2N2O4. The molecular weight excluding hydrogens is 259 g/mol. The molecule has 6 nitrogen and oxygen atoms in total.